The summed E-state index contributed by atoms with van der Waals surface area (Å²) in [6.07, 6.45) is 7.49. The molecule has 1 aliphatic heterocycles. The summed E-state index contributed by atoms with van der Waals surface area (Å²) in [5, 5.41) is 0. The van der Waals surface area contributed by atoms with Crippen LogP contribution in [0.1, 0.15) is 37.4 Å². The lowest BCUT2D eigenvalue weighted by Crippen LogP contribution is -2.18. The summed E-state index contributed by atoms with van der Waals surface area (Å²) in [5.41, 5.74) is 6.93. The van der Waals surface area contributed by atoms with Gasteiger partial charge in [-0.3, -0.25) is 9.78 Å². The molecule has 7 nitrogen and oxygen atoms in total. The van der Waals surface area contributed by atoms with Crippen LogP contribution in [0.15, 0.2) is 47.8 Å². The lowest BCUT2D eigenvalue weighted by Gasteiger charge is -2.13. The molecule has 1 aliphatic carbocycles. The van der Waals surface area contributed by atoms with E-state index < -0.39 is 27.8 Å². The van der Waals surface area contributed by atoms with E-state index in [4.69, 9.17) is 14.7 Å². The van der Waals surface area contributed by atoms with Crippen LogP contribution in [-0.2, 0) is 23.8 Å². The normalized spacial score (nSPS) is 21.4. The molecule has 0 radical (unpaired) electrons. The van der Waals surface area contributed by atoms with Crippen LogP contribution in [0.4, 0.5) is 0 Å². The number of nitrogens with zero attached hydrogens (tertiary/aromatic N) is 1. The van der Waals surface area contributed by atoms with Crippen molar-refractivity contribution in [3.05, 3.63) is 53.4 Å². The Morgan fingerprint density at radius 2 is 2.21 bits per heavy atom. The number of Topliss-reactive ketones (excluding diaryl/α,β-unsaturated/α-hetero) is 1. The highest BCUT2D eigenvalue weighted by molar-refractivity contribution is 7.87. The van der Waals surface area contributed by atoms with Crippen molar-refractivity contribution in [3.63, 3.8) is 0 Å². The van der Waals surface area contributed by atoms with Crippen LogP contribution < -0.4 is 5.73 Å². The minimum atomic E-state index is -3.96. The maximum absolute atomic E-state index is 12.4. The zero-order valence-electron chi connectivity index (χ0n) is 13.0. The molecule has 0 saturated carbocycles. The standard InChI is InChI=1S/C16H18N2O5S/c17-16-15(13(19)14(22-16)12-7-4-8-18-9-12)23-24(20,21)10-11-5-2-1-3-6-11/h4-5,7-9,14H,1-3,6,10,17H2. The van der Waals surface area contributed by atoms with Gasteiger partial charge in [0.05, 0.1) is 0 Å². The quantitative estimate of drug-likeness (QED) is 0.636. The molecular weight excluding hydrogens is 332 g/mol. The van der Waals surface area contributed by atoms with Crippen LogP contribution >= 0.6 is 0 Å². The predicted octanol–water partition coefficient (Wildman–Crippen LogP) is 1.70. The third kappa shape index (κ3) is 3.59. The van der Waals surface area contributed by atoms with Crippen molar-refractivity contribution in [3.8, 4) is 0 Å². The van der Waals surface area contributed by atoms with Gasteiger partial charge < -0.3 is 14.7 Å². The molecule has 1 atom stereocenters. The summed E-state index contributed by atoms with van der Waals surface area (Å²) in [5.74, 6) is -1.65. The van der Waals surface area contributed by atoms with Crippen LogP contribution in [-0.4, -0.2) is 24.9 Å². The molecule has 1 aromatic rings. The largest absolute Gasteiger partial charge is 0.460 e. The van der Waals surface area contributed by atoms with E-state index in [0.717, 1.165) is 31.3 Å². The van der Waals surface area contributed by atoms with Gasteiger partial charge in [-0.1, -0.05) is 17.7 Å². The number of ether oxygens (including phenoxy) is 1. The average molecular weight is 350 g/mol. The molecule has 2 heterocycles. The first-order chi connectivity index (χ1) is 11.5. The van der Waals surface area contributed by atoms with Crippen LogP contribution in [0.25, 0.3) is 0 Å². The first-order valence-electron chi connectivity index (χ1n) is 7.67. The minimum absolute atomic E-state index is 0.241. The van der Waals surface area contributed by atoms with E-state index in [9.17, 15) is 13.2 Å². The number of hydrogen-bond acceptors (Lipinski definition) is 7. The van der Waals surface area contributed by atoms with Gasteiger partial charge in [0.1, 0.15) is 5.75 Å². The Kier molecular flexibility index (Phi) is 4.57. The molecule has 1 aromatic heterocycles. The van der Waals surface area contributed by atoms with Crippen LogP contribution in [0.2, 0.25) is 0 Å². The van der Waals surface area contributed by atoms with Crippen molar-refractivity contribution in [2.45, 2.75) is 31.8 Å². The van der Waals surface area contributed by atoms with Gasteiger partial charge in [0.15, 0.2) is 6.10 Å². The van der Waals surface area contributed by atoms with E-state index in [1.807, 2.05) is 6.08 Å². The molecule has 24 heavy (non-hydrogen) atoms. The number of rotatable bonds is 5. The van der Waals surface area contributed by atoms with Crippen molar-refractivity contribution in [1.82, 2.24) is 4.98 Å². The van der Waals surface area contributed by atoms with E-state index in [1.54, 1.807) is 18.3 Å². The second-order valence-electron chi connectivity index (χ2n) is 5.74. The summed E-state index contributed by atoms with van der Waals surface area (Å²) in [7, 11) is -3.96. The van der Waals surface area contributed by atoms with Crippen LogP contribution in [0.5, 0.6) is 0 Å². The van der Waals surface area contributed by atoms with Crippen molar-refractivity contribution in [1.29, 1.82) is 0 Å². The molecule has 128 valence electrons. The Labute approximate surface area is 140 Å². The molecule has 0 amide bonds. The molecule has 3 rings (SSSR count). The van der Waals surface area contributed by atoms with Gasteiger partial charge in [-0.05, 0) is 31.7 Å². The second-order valence-corrected chi connectivity index (χ2v) is 7.31. The highest BCUT2D eigenvalue weighted by Gasteiger charge is 2.39. The Hall–Kier alpha value is -2.35. The molecule has 1 unspecified atom stereocenters. The SMILES string of the molecule is NC1=C(OS(=O)(=O)CC2=CCCCC2)C(=O)C(c2cccnc2)O1. The lowest BCUT2D eigenvalue weighted by molar-refractivity contribution is -0.123. The fourth-order valence-corrected chi connectivity index (χ4v) is 3.92. The van der Waals surface area contributed by atoms with Gasteiger partial charge >= 0.3 is 10.1 Å². The van der Waals surface area contributed by atoms with E-state index >= 15 is 0 Å². The number of carbonyl (C=O) groups is 1. The van der Waals surface area contributed by atoms with Crippen molar-refractivity contribution in [2.24, 2.45) is 5.73 Å². The topological polar surface area (TPSA) is 109 Å². The van der Waals surface area contributed by atoms with Gasteiger partial charge in [-0.25, -0.2) is 0 Å². The molecule has 0 bridgehead atoms. The van der Waals surface area contributed by atoms with E-state index in [1.165, 1.54) is 6.20 Å². The molecule has 2 N–H and O–H groups in total. The first kappa shape index (κ1) is 16.5. The van der Waals surface area contributed by atoms with Crippen LogP contribution in [0, 0.1) is 0 Å². The monoisotopic (exact) mass is 350 g/mol. The number of hydrogen-bond donors (Lipinski definition) is 1. The van der Waals surface area contributed by atoms with E-state index in [-0.39, 0.29) is 11.6 Å². The predicted molar refractivity (Wildman–Crippen MR) is 85.7 cm³/mol. The molecule has 0 aromatic carbocycles. The fraction of sp³-hybridized carbons (Fsp3) is 0.375. The Balaban J connectivity index is 1.73. The maximum atomic E-state index is 12.4. The summed E-state index contributed by atoms with van der Waals surface area (Å²) >= 11 is 0. The zero-order valence-corrected chi connectivity index (χ0v) is 13.8. The number of ketones is 1. The number of nitrogens with two attached hydrogens (primary N) is 1. The van der Waals surface area contributed by atoms with Crippen LogP contribution in [0.3, 0.4) is 0 Å². The fourth-order valence-electron chi connectivity index (χ4n) is 2.73. The van der Waals surface area contributed by atoms with Gasteiger partial charge in [0.2, 0.25) is 17.4 Å². The van der Waals surface area contributed by atoms with Gasteiger partial charge in [-0.2, -0.15) is 8.42 Å². The third-order valence-electron chi connectivity index (χ3n) is 3.88. The van der Waals surface area contributed by atoms with Gasteiger partial charge in [-0.15, -0.1) is 0 Å². The second kappa shape index (κ2) is 6.64. The van der Waals surface area contributed by atoms with E-state index in [2.05, 4.69) is 4.98 Å². The van der Waals surface area contributed by atoms with Crippen molar-refractivity contribution >= 4 is 15.9 Å². The Morgan fingerprint density at radius 3 is 2.88 bits per heavy atom. The number of carbonyl (C=O) groups excluding carboxylic acids is 1. The highest BCUT2D eigenvalue weighted by atomic mass is 32.2. The molecule has 8 heteroatoms. The molecule has 0 saturated heterocycles. The molecule has 0 fully saturated rings. The maximum Gasteiger partial charge on any atom is 0.313 e. The Bertz CT molecular complexity index is 799. The Morgan fingerprint density at radius 1 is 1.38 bits per heavy atom. The highest BCUT2D eigenvalue weighted by Crippen LogP contribution is 2.32. The summed E-state index contributed by atoms with van der Waals surface area (Å²) in [6, 6.07) is 3.29. The molecule has 2 aliphatic rings. The summed E-state index contributed by atoms with van der Waals surface area (Å²) < 4.78 is 34.7. The van der Waals surface area contributed by atoms with Gasteiger partial charge in [0.25, 0.3) is 0 Å². The smallest absolute Gasteiger partial charge is 0.313 e. The third-order valence-corrected chi connectivity index (χ3v) is 5.02. The van der Waals surface area contributed by atoms with E-state index in [0.29, 0.717) is 5.56 Å². The van der Waals surface area contributed by atoms with Crippen molar-refractivity contribution in [2.75, 3.05) is 5.75 Å². The average Bonchev–Trinajstić information content (AvgIpc) is 2.84. The minimum Gasteiger partial charge on any atom is -0.460 e. The number of aromatic nitrogens is 1. The zero-order chi connectivity index (χ0) is 17.2. The number of allylic oxidation sites excluding steroid dienone is 1. The van der Waals surface area contributed by atoms with Crippen molar-refractivity contribution < 1.29 is 22.1 Å². The molecular formula is C16H18N2O5S. The lowest BCUT2D eigenvalue weighted by atomic mass is 10.0. The first-order valence-corrected chi connectivity index (χ1v) is 9.24. The molecule has 0 spiro atoms. The summed E-state index contributed by atoms with van der Waals surface area (Å²) in [6.45, 7) is 0. The number of pyridine rings is 1. The van der Waals surface area contributed by atoms with Gasteiger partial charge in [0, 0.05) is 18.0 Å². The summed E-state index contributed by atoms with van der Waals surface area (Å²) in [4.78, 5) is 16.3.